The van der Waals surface area contributed by atoms with Crippen LogP contribution >= 0.6 is 0 Å². The highest BCUT2D eigenvalue weighted by Gasteiger charge is 1.92. The smallest absolute Gasteiger partial charge is 0.0393 e. The summed E-state index contributed by atoms with van der Waals surface area (Å²) in [6.45, 7) is 0. The van der Waals surface area contributed by atoms with E-state index >= 15 is 0 Å². The zero-order valence-corrected chi connectivity index (χ0v) is 12.2. The first kappa shape index (κ1) is 14.0. The number of fused-ring (bicyclic) bond motifs is 2. The average molecular weight is 286 g/mol. The maximum absolute atomic E-state index is 5.76. The van der Waals surface area contributed by atoms with Gasteiger partial charge in [-0.25, -0.2) is 0 Å². The maximum Gasteiger partial charge on any atom is 0.0393 e. The van der Waals surface area contributed by atoms with Crippen molar-refractivity contribution in [2.45, 2.75) is 0 Å². The molecule has 0 spiro atoms. The zero-order valence-electron chi connectivity index (χ0n) is 12.2. The Morgan fingerprint density at radius 3 is 1.91 bits per heavy atom. The Labute approximate surface area is 130 Å². The molecule has 0 aliphatic carbocycles. The van der Waals surface area contributed by atoms with Crippen molar-refractivity contribution in [3.8, 4) is 0 Å². The molecule has 0 radical (unpaired) electrons. The Hall–Kier alpha value is -3.00. The van der Waals surface area contributed by atoms with E-state index in [2.05, 4.69) is 24.3 Å². The van der Waals surface area contributed by atoms with Gasteiger partial charge in [0.1, 0.15) is 0 Å². The summed E-state index contributed by atoms with van der Waals surface area (Å²) >= 11 is 0. The standard InChI is InChI=1S/2C10H9N/c11-10-7-3-5-8-4-1-2-6-9(8)10;11-10-6-5-8-3-1-2-4-9(8)7-10/h2*1-7H,11H2. The molecule has 0 bridgehead atoms. The maximum atomic E-state index is 5.76. The first-order valence-corrected chi connectivity index (χ1v) is 7.21. The predicted octanol–water partition coefficient (Wildman–Crippen LogP) is 4.84. The van der Waals surface area contributed by atoms with Crippen LogP contribution in [0.1, 0.15) is 0 Å². The molecule has 0 aliphatic heterocycles. The molecule has 2 heteroatoms. The summed E-state index contributed by atoms with van der Waals surface area (Å²) in [7, 11) is 0. The van der Waals surface area contributed by atoms with Crippen molar-refractivity contribution in [2.75, 3.05) is 11.5 Å². The average Bonchev–Trinajstić information content (AvgIpc) is 2.56. The predicted molar refractivity (Wildman–Crippen MR) is 96.7 cm³/mol. The largest absolute Gasteiger partial charge is 0.399 e. The van der Waals surface area contributed by atoms with Gasteiger partial charge >= 0.3 is 0 Å². The molecule has 0 fully saturated rings. The molecule has 22 heavy (non-hydrogen) atoms. The molecule has 0 aromatic heterocycles. The second-order valence-electron chi connectivity index (χ2n) is 5.17. The van der Waals surface area contributed by atoms with Gasteiger partial charge in [-0.05, 0) is 34.4 Å². The van der Waals surface area contributed by atoms with Gasteiger partial charge in [-0.1, -0.05) is 66.7 Å². The number of rotatable bonds is 0. The molecule has 0 amide bonds. The van der Waals surface area contributed by atoms with E-state index in [0.29, 0.717) is 0 Å². The summed E-state index contributed by atoms with van der Waals surface area (Å²) in [5.74, 6) is 0. The number of nitrogens with two attached hydrogens (primary N) is 2. The first-order chi connectivity index (χ1) is 10.7. The van der Waals surface area contributed by atoms with E-state index in [-0.39, 0.29) is 0 Å². The van der Waals surface area contributed by atoms with E-state index in [1.807, 2.05) is 60.7 Å². The lowest BCUT2D eigenvalue weighted by Gasteiger charge is -1.98. The van der Waals surface area contributed by atoms with Crippen LogP contribution in [0.15, 0.2) is 84.9 Å². The lowest BCUT2D eigenvalue weighted by molar-refractivity contribution is 1.73. The monoisotopic (exact) mass is 286 g/mol. The summed E-state index contributed by atoms with van der Waals surface area (Å²) in [5, 5.41) is 4.77. The molecule has 4 aromatic rings. The minimum absolute atomic E-state index is 0.823. The Kier molecular flexibility index (Phi) is 3.92. The van der Waals surface area contributed by atoms with Crippen molar-refractivity contribution >= 4 is 32.9 Å². The van der Waals surface area contributed by atoms with Crippen LogP contribution in [-0.2, 0) is 0 Å². The van der Waals surface area contributed by atoms with Gasteiger partial charge in [0.25, 0.3) is 0 Å². The Balaban J connectivity index is 0.000000131. The van der Waals surface area contributed by atoms with E-state index in [4.69, 9.17) is 11.5 Å². The summed E-state index contributed by atoms with van der Waals surface area (Å²) in [4.78, 5) is 0. The number of benzene rings is 4. The van der Waals surface area contributed by atoms with Gasteiger partial charge in [0.05, 0.1) is 0 Å². The zero-order chi connectivity index (χ0) is 15.4. The molecular weight excluding hydrogens is 268 g/mol. The van der Waals surface area contributed by atoms with Crippen molar-refractivity contribution in [1.82, 2.24) is 0 Å². The summed E-state index contributed by atoms with van der Waals surface area (Å²) < 4.78 is 0. The summed E-state index contributed by atoms with van der Waals surface area (Å²) in [6.07, 6.45) is 0. The Morgan fingerprint density at radius 2 is 1.14 bits per heavy atom. The highest BCUT2D eigenvalue weighted by atomic mass is 14.5. The van der Waals surface area contributed by atoms with E-state index < -0.39 is 0 Å². The highest BCUT2D eigenvalue weighted by molar-refractivity contribution is 5.92. The second-order valence-corrected chi connectivity index (χ2v) is 5.17. The highest BCUT2D eigenvalue weighted by Crippen LogP contribution is 2.19. The molecule has 0 heterocycles. The molecule has 2 nitrogen and oxygen atoms in total. The number of nitrogen functional groups attached to an aromatic ring is 2. The Bertz CT molecular complexity index is 902. The molecule has 4 rings (SSSR count). The van der Waals surface area contributed by atoms with Gasteiger partial charge in [0.2, 0.25) is 0 Å². The third-order valence-electron chi connectivity index (χ3n) is 3.60. The van der Waals surface area contributed by atoms with Gasteiger partial charge in [0.15, 0.2) is 0 Å². The van der Waals surface area contributed by atoms with E-state index in [0.717, 1.165) is 16.8 Å². The van der Waals surface area contributed by atoms with Gasteiger partial charge in [0, 0.05) is 16.8 Å². The number of hydrogen-bond acceptors (Lipinski definition) is 2. The van der Waals surface area contributed by atoms with Gasteiger partial charge in [-0.2, -0.15) is 0 Å². The third-order valence-corrected chi connectivity index (χ3v) is 3.60. The minimum atomic E-state index is 0.823. The molecular formula is C20H18N2. The van der Waals surface area contributed by atoms with Crippen molar-refractivity contribution < 1.29 is 0 Å². The third kappa shape index (κ3) is 3.01. The minimum Gasteiger partial charge on any atom is -0.399 e. The normalized spacial score (nSPS) is 10.2. The van der Waals surface area contributed by atoms with Gasteiger partial charge < -0.3 is 11.5 Å². The Morgan fingerprint density at radius 1 is 0.500 bits per heavy atom. The van der Waals surface area contributed by atoms with Crippen molar-refractivity contribution in [3.05, 3.63) is 84.9 Å². The van der Waals surface area contributed by atoms with Crippen molar-refractivity contribution in [3.63, 3.8) is 0 Å². The van der Waals surface area contributed by atoms with Crippen LogP contribution in [0.25, 0.3) is 21.5 Å². The van der Waals surface area contributed by atoms with E-state index in [9.17, 15) is 0 Å². The fraction of sp³-hybridized carbons (Fsp3) is 0. The summed E-state index contributed by atoms with van der Waals surface area (Å²) in [5.41, 5.74) is 13.1. The van der Waals surface area contributed by atoms with E-state index in [1.54, 1.807) is 0 Å². The number of anilines is 2. The quantitative estimate of drug-likeness (QED) is 0.454. The topological polar surface area (TPSA) is 52.0 Å². The second kappa shape index (κ2) is 6.19. The van der Waals surface area contributed by atoms with Crippen LogP contribution in [0.3, 0.4) is 0 Å². The van der Waals surface area contributed by atoms with E-state index in [1.165, 1.54) is 16.2 Å². The fourth-order valence-corrected chi connectivity index (χ4v) is 2.46. The molecule has 0 saturated heterocycles. The van der Waals surface area contributed by atoms with Crippen LogP contribution < -0.4 is 11.5 Å². The lowest BCUT2D eigenvalue weighted by atomic mass is 10.1. The molecule has 0 unspecified atom stereocenters. The van der Waals surface area contributed by atoms with Crippen LogP contribution in [-0.4, -0.2) is 0 Å². The van der Waals surface area contributed by atoms with Gasteiger partial charge in [-0.3, -0.25) is 0 Å². The summed E-state index contributed by atoms with van der Waals surface area (Å²) in [6, 6.07) is 28.2. The lowest BCUT2D eigenvalue weighted by Crippen LogP contribution is -1.84. The fourth-order valence-electron chi connectivity index (χ4n) is 2.46. The van der Waals surface area contributed by atoms with Crippen LogP contribution in [0.2, 0.25) is 0 Å². The van der Waals surface area contributed by atoms with Crippen LogP contribution in [0.5, 0.6) is 0 Å². The molecule has 4 N–H and O–H groups in total. The molecule has 0 saturated carbocycles. The first-order valence-electron chi connectivity index (χ1n) is 7.21. The van der Waals surface area contributed by atoms with Crippen molar-refractivity contribution in [1.29, 1.82) is 0 Å². The molecule has 4 aromatic carbocycles. The van der Waals surface area contributed by atoms with Gasteiger partial charge in [-0.15, -0.1) is 0 Å². The van der Waals surface area contributed by atoms with Crippen LogP contribution in [0.4, 0.5) is 11.4 Å². The molecule has 108 valence electrons. The van der Waals surface area contributed by atoms with Crippen molar-refractivity contribution in [2.24, 2.45) is 0 Å². The number of hydrogen-bond donors (Lipinski definition) is 2. The van der Waals surface area contributed by atoms with Crippen LogP contribution in [0, 0.1) is 0 Å². The molecule has 0 atom stereocenters. The SMILES string of the molecule is Nc1ccc2ccccc2c1.Nc1cccc2ccccc12. The molecule has 0 aliphatic rings.